The zero-order chi connectivity index (χ0) is 6.95. The molecule has 0 rings (SSSR count). The molecule has 2 nitrogen and oxygen atoms in total. The number of thiocarbonyl (C=S) groups is 1. The third-order valence-corrected chi connectivity index (χ3v) is 1.02. The van der Waals surface area contributed by atoms with Crippen LogP contribution in [0.2, 0.25) is 0 Å². The molecule has 0 saturated carbocycles. The van der Waals surface area contributed by atoms with Crippen LogP contribution in [0, 0.1) is 0 Å². The van der Waals surface area contributed by atoms with E-state index in [1.165, 1.54) is 12.8 Å². The van der Waals surface area contributed by atoms with E-state index in [0.717, 1.165) is 6.42 Å². The van der Waals surface area contributed by atoms with Crippen molar-refractivity contribution in [3.8, 4) is 0 Å². The SMILES string of the molecule is CCCCCON=C=S. The van der Waals surface area contributed by atoms with Crippen molar-refractivity contribution in [3.05, 3.63) is 0 Å². The van der Waals surface area contributed by atoms with E-state index in [1.807, 2.05) is 0 Å². The van der Waals surface area contributed by atoms with Crippen molar-refractivity contribution in [3.63, 3.8) is 0 Å². The van der Waals surface area contributed by atoms with Crippen LogP contribution in [0.1, 0.15) is 26.2 Å². The Morgan fingerprint density at radius 3 is 2.89 bits per heavy atom. The Morgan fingerprint density at radius 1 is 1.56 bits per heavy atom. The van der Waals surface area contributed by atoms with Gasteiger partial charge in [0.05, 0.1) is 0 Å². The topological polar surface area (TPSA) is 21.6 Å². The van der Waals surface area contributed by atoms with Crippen molar-refractivity contribution in [1.29, 1.82) is 0 Å². The molecule has 52 valence electrons. The largest absolute Gasteiger partial charge is 0.388 e. The summed E-state index contributed by atoms with van der Waals surface area (Å²) in [4.78, 5) is 4.69. The molecule has 0 aliphatic carbocycles. The molecule has 0 aromatic rings. The van der Waals surface area contributed by atoms with Crippen molar-refractivity contribution in [2.75, 3.05) is 6.61 Å². The summed E-state index contributed by atoms with van der Waals surface area (Å²) in [6, 6.07) is 0. The highest BCUT2D eigenvalue weighted by Gasteiger charge is 1.82. The predicted octanol–water partition coefficient (Wildman–Crippen LogP) is 2.21. The smallest absolute Gasteiger partial charge is 0.118 e. The predicted molar refractivity (Wildman–Crippen MR) is 40.5 cm³/mol. The van der Waals surface area contributed by atoms with Crippen LogP contribution in [0.5, 0.6) is 0 Å². The first-order valence-corrected chi connectivity index (χ1v) is 3.51. The van der Waals surface area contributed by atoms with Crippen LogP contribution >= 0.6 is 12.2 Å². The van der Waals surface area contributed by atoms with Gasteiger partial charge in [0.15, 0.2) is 0 Å². The molecule has 0 saturated heterocycles. The lowest BCUT2D eigenvalue weighted by molar-refractivity contribution is 0.142. The lowest BCUT2D eigenvalue weighted by Crippen LogP contribution is -1.85. The van der Waals surface area contributed by atoms with E-state index in [0.29, 0.717) is 6.61 Å². The molecule has 0 spiro atoms. The van der Waals surface area contributed by atoms with E-state index >= 15 is 0 Å². The maximum absolute atomic E-state index is 4.69. The summed E-state index contributed by atoms with van der Waals surface area (Å²) in [5.74, 6) is 0. The molecule has 0 heterocycles. The van der Waals surface area contributed by atoms with Crippen LogP contribution in [0.3, 0.4) is 0 Å². The zero-order valence-electron chi connectivity index (χ0n) is 5.59. The van der Waals surface area contributed by atoms with Gasteiger partial charge in [0.2, 0.25) is 0 Å². The summed E-state index contributed by atoms with van der Waals surface area (Å²) >= 11 is 4.29. The third-order valence-electron chi connectivity index (χ3n) is 0.941. The molecular weight excluding hydrogens is 134 g/mol. The second kappa shape index (κ2) is 7.60. The van der Waals surface area contributed by atoms with Crippen LogP contribution in [-0.4, -0.2) is 11.8 Å². The Bertz CT molecular complexity index is 99.2. The highest BCUT2D eigenvalue weighted by atomic mass is 32.1. The summed E-state index contributed by atoms with van der Waals surface area (Å²) in [7, 11) is 0. The van der Waals surface area contributed by atoms with Crippen molar-refractivity contribution in [2.45, 2.75) is 26.2 Å². The minimum absolute atomic E-state index is 0.664. The minimum atomic E-state index is 0.664. The van der Waals surface area contributed by atoms with Gasteiger partial charge in [-0.1, -0.05) is 19.8 Å². The van der Waals surface area contributed by atoms with E-state index in [2.05, 4.69) is 29.5 Å². The molecule has 0 unspecified atom stereocenters. The van der Waals surface area contributed by atoms with Gasteiger partial charge in [0.25, 0.3) is 0 Å². The Labute approximate surface area is 60.9 Å². The molecule has 0 atom stereocenters. The van der Waals surface area contributed by atoms with E-state index in [-0.39, 0.29) is 0 Å². The average Bonchev–Trinajstić information content (AvgIpc) is 1.89. The van der Waals surface area contributed by atoms with Gasteiger partial charge in [-0.05, 0) is 23.8 Å². The van der Waals surface area contributed by atoms with E-state index in [4.69, 9.17) is 4.84 Å². The quantitative estimate of drug-likeness (QED) is 0.256. The van der Waals surface area contributed by atoms with Gasteiger partial charge >= 0.3 is 0 Å². The highest BCUT2D eigenvalue weighted by molar-refractivity contribution is 7.78. The summed E-state index contributed by atoms with van der Waals surface area (Å²) in [5.41, 5.74) is 0. The number of hydrogen-bond acceptors (Lipinski definition) is 3. The molecule has 0 bridgehead atoms. The molecule has 3 heteroatoms. The Balaban J connectivity index is 2.82. The van der Waals surface area contributed by atoms with Crippen LogP contribution in [-0.2, 0) is 4.84 Å². The van der Waals surface area contributed by atoms with Gasteiger partial charge in [0.1, 0.15) is 11.8 Å². The summed E-state index contributed by atoms with van der Waals surface area (Å²) < 4.78 is 0. The monoisotopic (exact) mass is 145 g/mol. The fraction of sp³-hybridized carbons (Fsp3) is 0.833. The second-order valence-electron chi connectivity index (χ2n) is 1.72. The van der Waals surface area contributed by atoms with Crippen LogP contribution in [0.4, 0.5) is 0 Å². The van der Waals surface area contributed by atoms with Gasteiger partial charge in [-0.25, -0.2) is 0 Å². The molecule has 9 heavy (non-hydrogen) atoms. The molecule has 0 aromatic heterocycles. The maximum atomic E-state index is 4.69. The normalized spacial score (nSPS) is 8.11. The van der Waals surface area contributed by atoms with E-state index in [1.54, 1.807) is 0 Å². The van der Waals surface area contributed by atoms with Gasteiger partial charge in [0, 0.05) is 0 Å². The number of isothiocyanates is 1. The van der Waals surface area contributed by atoms with Gasteiger partial charge < -0.3 is 4.84 Å². The molecule has 0 amide bonds. The highest BCUT2D eigenvalue weighted by Crippen LogP contribution is 1.93. The Kier molecular flexibility index (Phi) is 7.26. The van der Waals surface area contributed by atoms with E-state index in [9.17, 15) is 0 Å². The fourth-order valence-electron chi connectivity index (χ4n) is 0.489. The zero-order valence-corrected chi connectivity index (χ0v) is 6.41. The van der Waals surface area contributed by atoms with Gasteiger partial charge in [-0.3, -0.25) is 0 Å². The summed E-state index contributed by atoms with van der Waals surface area (Å²) in [6.07, 6.45) is 3.44. The van der Waals surface area contributed by atoms with Crippen molar-refractivity contribution in [2.24, 2.45) is 5.16 Å². The Hall–Kier alpha value is -0.400. The molecule has 0 aromatic carbocycles. The molecule has 0 radical (unpaired) electrons. The van der Waals surface area contributed by atoms with E-state index < -0.39 is 0 Å². The maximum Gasteiger partial charge on any atom is 0.118 e. The van der Waals surface area contributed by atoms with Crippen molar-refractivity contribution < 1.29 is 4.84 Å². The van der Waals surface area contributed by atoms with Gasteiger partial charge in [-0.2, -0.15) is 0 Å². The van der Waals surface area contributed by atoms with Gasteiger partial charge in [-0.15, -0.1) is 0 Å². The van der Waals surface area contributed by atoms with Crippen LogP contribution < -0.4 is 0 Å². The molecular formula is C6H11NOS. The second-order valence-corrected chi connectivity index (χ2v) is 1.91. The number of nitrogens with zero attached hydrogens (tertiary/aromatic N) is 1. The third kappa shape index (κ3) is 7.60. The lowest BCUT2D eigenvalue weighted by Gasteiger charge is -1.93. The first-order valence-electron chi connectivity index (χ1n) is 3.11. The average molecular weight is 145 g/mol. The van der Waals surface area contributed by atoms with Crippen molar-refractivity contribution in [1.82, 2.24) is 0 Å². The lowest BCUT2D eigenvalue weighted by atomic mass is 10.3. The summed E-state index contributed by atoms with van der Waals surface area (Å²) in [6.45, 7) is 2.81. The minimum Gasteiger partial charge on any atom is -0.388 e. The molecule has 0 fully saturated rings. The number of rotatable bonds is 5. The fourth-order valence-corrected chi connectivity index (χ4v) is 0.541. The molecule has 0 N–H and O–H groups in total. The number of hydrogen-bond donors (Lipinski definition) is 0. The van der Waals surface area contributed by atoms with Crippen molar-refractivity contribution >= 4 is 17.4 Å². The molecule has 0 aliphatic rings. The Morgan fingerprint density at radius 2 is 2.33 bits per heavy atom. The first-order chi connectivity index (χ1) is 4.41. The summed E-state index contributed by atoms with van der Waals surface area (Å²) in [5, 5.41) is 5.44. The molecule has 0 aliphatic heterocycles. The first kappa shape index (κ1) is 8.60. The number of unbranched alkanes of at least 4 members (excludes halogenated alkanes) is 2. The standard InChI is InChI=1S/C6H11NOS/c1-2-3-4-5-8-7-6-9/h2-5H2,1H3. The van der Waals surface area contributed by atoms with Crippen LogP contribution in [0.15, 0.2) is 5.16 Å². The van der Waals surface area contributed by atoms with Crippen LogP contribution in [0.25, 0.3) is 0 Å².